The van der Waals surface area contributed by atoms with Crippen molar-refractivity contribution in [3.05, 3.63) is 0 Å². The third-order valence-corrected chi connectivity index (χ3v) is 2.98. The standard InChI is InChI=1S/C8H14FN.ClH/c1-8(6-2-3-6)7(9)4-5-10-8;/h6-7,10H,2-5H2,1H3;1H. The molecule has 66 valence electrons. The fourth-order valence-corrected chi connectivity index (χ4v) is 1.96. The number of alkyl halides is 1. The molecule has 2 aliphatic rings. The van der Waals surface area contributed by atoms with Crippen LogP contribution in [0.25, 0.3) is 0 Å². The molecule has 1 aliphatic carbocycles. The van der Waals surface area contributed by atoms with Gasteiger partial charge in [0.2, 0.25) is 0 Å². The lowest BCUT2D eigenvalue weighted by molar-refractivity contribution is 0.193. The van der Waals surface area contributed by atoms with E-state index in [2.05, 4.69) is 5.32 Å². The zero-order valence-electron chi connectivity index (χ0n) is 6.77. The molecule has 2 unspecified atom stereocenters. The third kappa shape index (κ3) is 1.38. The van der Waals surface area contributed by atoms with E-state index in [4.69, 9.17) is 0 Å². The predicted octanol–water partition coefficient (Wildman–Crippen LogP) is 1.91. The highest BCUT2D eigenvalue weighted by Gasteiger charge is 2.49. The van der Waals surface area contributed by atoms with Gasteiger partial charge in [-0.2, -0.15) is 0 Å². The summed E-state index contributed by atoms with van der Waals surface area (Å²) in [5.41, 5.74) is -0.153. The Morgan fingerprint density at radius 2 is 2.00 bits per heavy atom. The Balaban J connectivity index is 0.000000605. The summed E-state index contributed by atoms with van der Waals surface area (Å²) in [7, 11) is 0. The van der Waals surface area contributed by atoms with Crippen LogP contribution in [0.4, 0.5) is 4.39 Å². The zero-order chi connectivity index (χ0) is 7.19. The molecule has 1 aliphatic heterocycles. The highest BCUT2D eigenvalue weighted by atomic mass is 35.5. The zero-order valence-corrected chi connectivity index (χ0v) is 7.59. The minimum atomic E-state index is -0.597. The quantitative estimate of drug-likeness (QED) is 0.649. The number of hydrogen-bond donors (Lipinski definition) is 1. The van der Waals surface area contributed by atoms with Gasteiger partial charge in [-0.05, 0) is 38.6 Å². The lowest BCUT2D eigenvalue weighted by atomic mass is 9.92. The van der Waals surface area contributed by atoms with Crippen molar-refractivity contribution in [2.75, 3.05) is 6.54 Å². The third-order valence-electron chi connectivity index (χ3n) is 2.98. The minimum absolute atomic E-state index is 0. The SMILES string of the molecule is CC1(C2CC2)NCCC1F.Cl. The van der Waals surface area contributed by atoms with Crippen molar-refractivity contribution in [2.45, 2.75) is 37.9 Å². The molecule has 0 amide bonds. The topological polar surface area (TPSA) is 12.0 Å². The van der Waals surface area contributed by atoms with Crippen molar-refractivity contribution in [2.24, 2.45) is 5.92 Å². The van der Waals surface area contributed by atoms with Gasteiger partial charge in [0.25, 0.3) is 0 Å². The van der Waals surface area contributed by atoms with Crippen molar-refractivity contribution in [3.63, 3.8) is 0 Å². The molecule has 0 aromatic rings. The number of rotatable bonds is 1. The van der Waals surface area contributed by atoms with Gasteiger partial charge in [-0.25, -0.2) is 4.39 Å². The first-order valence-electron chi connectivity index (χ1n) is 4.12. The summed E-state index contributed by atoms with van der Waals surface area (Å²) in [6, 6.07) is 0. The monoisotopic (exact) mass is 179 g/mol. The number of nitrogens with one attached hydrogen (secondary N) is 1. The van der Waals surface area contributed by atoms with E-state index < -0.39 is 6.17 Å². The Bertz CT molecular complexity index is 149. The van der Waals surface area contributed by atoms with Crippen molar-refractivity contribution < 1.29 is 4.39 Å². The highest BCUT2D eigenvalue weighted by molar-refractivity contribution is 5.85. The lowest BCUT2D eigenvalue weighted by Crippen LogP contribution is -2.45. The van der Waals surface area contributed by atoms with Crippen LogP contribution in [-0.2, 0) is 0 Å². The van der Waals surface area contributed by atoms with Crippen molar-refractivity contribution >= 4 is 12.4 Å². The molecular weight excluding hydrogens is 165 g/mol. The molecule has 1 nitrogen and oxygen atoms in total. The van der Waals surface area contributed by atoms with Crippen LogP contribution in [-0.4, -0.2) is 18.3 Å². The maximum Gasteiger partial charge on any atom is 0.119 e. The largest absolute Gasteiger partial charge is 0.309 e. The van der Waals surface area contributed by atoms with E-state index in [9.17, 15) is 4.39 Å². The summed E-state index contributed by atoms with van der Waals surface area (Å²) in [6.07, 6.45) is 2.57. The van der Waals surface area contributed by atoms with Crippen LogP contribution in [0.5, 0.6) is 0 Å². The van der Waals surface area contributed by atoms with Crippen LogP contribution >= 0.6 is 12.4 Å². The van der Waals surface area contributed by atoms with E-state index >= 15 is 0 Å². The first kappa shape index (κ1) is 9.27. The van der Waals surface area contributed by atoms with Gasteiger partial charge in [-0.15, -0.1) is 12.4 Å². The molecule has 0 radical (unpaired) electrons. The van der Waals surface area contributed by atoms with E-state index in [0.717, 1.165) is 6.54 Å². The summed E-state index contributed by atoms with van der Waals surface area (Å²) in [5, 5.41) is 3.27. The Labute approximate surface area is 73.2 Å². The molecule has 0 bridgehead atoms. The van der Waals surface area contributed by atoms with E-state index in [1.54, 1.807) is 0 Å². The van der Waals surface area contributed by atoms with Crippen LogP contribution in [0, 0.1) is 5.92 Å². The van der Waals surface area contributed by atoms with Crippen LogP contribution in [0.1, 0.15) is 26.2 Å². The van der Waals surface area contributed by atoms with Gasteiger partial charge in [0, 0.05) is 5.54 Å². The average Bonchev–Trinajstić information content (AvgIpc) is 2.65. The van der Waals surface area contributed by atoms with E-state index in [1.807, 2.05) is 6.92 Å². The maximum atomic E-state index is 13.2. The van der Waals surface area contributed by atoms with Gasteiger partial charge < -0.3 is 5.32 Å². The normalized spacial score (nSPS) is 43.6. The first-order chi connectivity index (χ1) is 4.73. The van der Waals surface area contributed by atoms with Crippen LogP contribution in [0.15, 0.2) is 0 Å². The smallest absolute Gasteiger partial charge is 0.119 e. The van der Waals surface area contributed by atoms with Gasteiger partial charge in [0.05, 0.1) is 0 Å². The maximum absolute atomic E-state index is 13.2. The van der Waals surface area contributed by atoms with Crippen molar-refractivity contribution in [1.82, 2.24) is 5.32 Å². The summed E-state index contributed by atoms with van der Waals surface area (Å²) in [5.74, 6) is 0.630. The van der Waals surface area contributed by atoms with Crippen LogP contribution in [0.2, 0.25) is 0 Å². The minimum Gasteiger partial charge on any atom is -0.309 e. The molecule has 3 heteroatoms. The molecule has 0 aromatic heterocycles. The Hall–Kier alpha value is 0.180. The highest BCUT2D eigenvalue weighted by Crippen LogP contribution is 2.44. The summed E-state index contributed by atoms with van der Waals surface area (Å²) in [6.45, 7) is 2.90. The van der Waals surface area contributed by atoms with Gasteiger partial charge in [0.1, 0.15) is 6.17 Å². The van der Waals surface area contributed by atoms with Crippen LogP contribution < -0.4 is 5.32 Å². The van der Waals surface area contributed by atoms with Crippen molar-refractivity contribution in [3.8, 4) is 0 Å². The van der Waals surface area contributed by atoms with Crippen LogP contribution in [0.3, 0.4) is 0 Å². The number of hydrogen-bond acceptors (Lipinski definition) is 1. The van der Waals surface area contributed by atoms with E-state index in [0.29, 0.717) is 12.3 Å². The average molecular weight is 180 g/mol. The molecule has 0 aromatic carbocycles. The van der Waals surface area contributed by atoms with E-state index in [-0.39, 0.29) is 17.9 Å². The molecule has 11 heavy (non-hydrogen) atoms. The second-order valence-corrected chi connectivity index (χ2v) is 3.74. The Kier molecular flexibility index (Phi) is 2.45. The van der Waals surface area contributed by atoms with Gasteiger partial charge in [-0.3, -0.25) is 0 Å². The molecule has 2 rings (SSSR count). The van der Waals surface area contributed by atoms with Gasteiger partial charge >= 0.3 is 0 Å². The van der Waals surface area contributed by atoms with Crippen molar-refractivity contribution in [1.29, 1.82) is 0 Å². The molecule has 1 saturated heterocycles. The van der Waals surface area contributed by atoms with Gasteiger partial charge in [-0.1, -0.05) is 0 Å². The second kappa shape index (κ2) is 2.91. The molecular formula is C8H15ClFN. The molecule has 1 heterocycles. The summed E-state index contributed by atoms with van der Waals surface area (Å²) in [4.78, 5) is 0. The lowest BCUT2D eigenvalue weighted by Gasteiger charge is -2.26. The fourth-order valence-electron chi connectivity index (χ4n) is 1.96. The molecule has 2 fully saturated rings. The van der Waals surface area contributed by atoms with Gasteiger partial charge in [0.15, 0.2) is 0 Å². The molecule has 1 N–H and O–H groups in total. The van der Waals surface area contributed by atoms with E-state index in [1.165, 1.54) is 12.8 Å². The number of halogens is 2. The predicted molar refractivity (Wildman–Crippen MR) is 45.9 cm³/mol. The summed E-state index contributed by atoms with van der Waals surface area (Å²) < 4.78 is 13.2. The summed E-state index contributed by atoms with van der Waals surface area (Å²) >= 11 is 0. The molecule has 2 atom stereocenters. The molecule has 1 saturated carbocycles. The fraction of sp³-hybridized carbons (Fsp3) is 1.00. The molecule has 0 spiro atoms. The second-order valence-electron chi connectivity index (χ2n) is 3.74. The Morgan fingerprint density at radius 1 is 1.36 bits per heavy atom. The first-order valence-corrected chi connectivity index (χ1v) is 4.12. The Morgan fingerprint density at radius 3 is 2.36 bits per heavy atom.